The van der Waals surface area contributed by atoms with Gasteiger partial charge in [-0.1, -0.05) is 30.7 Å². The molecule has 0 aliphatic carbocycles. The van der Waals surface area contributed by atoms with E-state index in [1.807, 2.05) is 24.3 Å². The summed E-state index contributed by atoms with van der Waals surface area (Å²) in [6.07, 6.45) is 5.77. The molecule has 0 spiro atoms. The molecule has 2 aromatic carbocycles. The Morgan fingerprint density at radius 2 is 1.84 bits per heavy atom. The highest BCUT2D eigenvalue weighted by Crippen LogP contribution is 2.30. The number of hydrogen-bond acceptors (Lipinski definition) is 4. The van der Waals surface area contributed by atoms with Crippen LogP contribution in [0.15, 0.2) is 36.4 Å². The van der Waals surface area contributed by atoms with Crippen molar-refractivity contribution < 1.29 is 15.3 Å². The minimum Gasteiger partial charge on any atom is -0.508 e. The molecule has 134 valence electrons. The number of benzene rings is 2. The van der Waals surface area contributed by atoms with Gasteiger partial charge >= 0.3 is 0 Å². The molecule has 1 aliphatic rings. The van der Waals surface area contributed by atoms with Crippen LogP contribution in [0.3, 0.4) is 0 Å². The number of aliphatic hydroxyl groups is 2. The van der Waals surface area contributed by atoms with Gasteiger partial charge in [-0.3, -0.25) is 0 Å². The smallest absolute Gasteiger partial charge is 0.116 e. The highest BCUT2D eigenvalue weighted by atomic mass is 16.3. The van der Waals surface area contributed by atoms with Crippen LogP contribution in [0.4, 0.5) is 0 Å². The number of phenols is 1. The van der Waals surface area contributed by atoms with Crippen molar-refractivity contribution in [3.8, 4) is 16.9 Å². The van der Waals surface area contributed by atoms with Crippen molar-refractivity contribution in [2.24, 2.45) is 0 Å². The van der Waals surface area contributed by atoms with Crippen LogP contribution >= 0.6 is 0 Å². The van der Waals surface area contributed by atoms with Gasteiger partial charge in [-0.25, -0.2) is 0 Å². The normalized spacial score (nSPS) is 17.6. The molecule has 1 heterocycles. The lowest BCUT2D eigenvalue weighted by molar-refractivity contribution is 0.275. The monoisotopic (exact) mass is 341 g/mol. The van der Waals surface area contributed by atoms with E-state index in [2.05, 4.69) is 11.4 Å². The van der Waals surface area contributed by atoms with Crippen LogP contribution in [0.25, 0.3) is 11.1 Å². The van der Waals surface area contributed by atoms with Gasteiger partial charge in [0, 0.05) is 6.04 Å². The Kier molecular flexibility index (Phi) is 6.08. The second kappa shape index (κ2) is 8.48. The molecule has 0 saturated carbocycles. The summed E-state index contributed by atoms with van der Waals surface area (Å²) in [5.74, 6) is 0.249. The lowest BCUT2D eigenvalue weighted by atomic mass is 9.93. The second-order valence-corrected chi connectivity index (χ2v) is 6.88. The van der Waals surface area contributed by atoms with Crippen molar-refractivity contribution in [1.29, 1.82) is 0 Å². The van der Waals surface area contributed by atoms with Crippen LogP contribution < -0.4 is 5.32 Å². The maximum Gasteiger partial charge on any atom is 0.116 e. The molecule has 25 heavy (non-hydrogen) atoms. The third-order valence-electron chi connectivity index (χ3n) is 5.00. The predicted octanol–water partition coefficient (Wildman–Crippen LogP) is 3.12. The summed E-state index contributed by atoms with van der Waals surface area (Å²) >= 11 is 0. The van der Waals surface area contributed by atoms with E-state index in [-0.39, 0.29) is 19.0 Å². The number of rotatable bonds is 6. The lowest BCUT2D eigenvalue weighted by Gasteiger charge is -2.23. The molecular weight excluding hydrogens is 314 g/mol. The highest BCUT2D eigenvalue weighted by Gasteiger charge is 2.13. The molecule has 0 radical (unpaired) electrons. The first-order chi connectivity index (χ1) is 12.2. The summed E-state index contributed by atoms with van der Waals surface area (Å²) in [6.45, 7) is 0.958. The van der Waals surface area contributed by atoms with Crippen molar-refractivity contribution in [3.63, 3.8) is 0 Å². The predicted molar refractivity (Wildman–Crippen MR) is 99.4 cm³/mol. The van der Waals surface area contributed by atoms with Crippen LogP contribution in [-0.2, 0) is 19.6 Å². The summed E-state index contributed by atoms with van der Waals surface area (Å²) in [5, 5.41) is 32.6. The van der Waals surface area contributed by atoms with Gasteiger partial charge in [-0.2, -0.15) is 0 Å². The quantitative estimate of drug-likeness (QED) is 0.651. The van der Waals surface area contributed by atoms with Crippen molar-refractivity contribution in [2.75, 3.05) is 6.54 Å². The number of phenolic OH excluding ortho intramolecular Hbond substituents is 1. The minimum atomic E-state index is -0.0971. The van der Waals surface area contributed by atoms with Gasteiger partial charge in [0.1, 0.15) is 5.75 Å². The standard InChI is InChI=1S/C21H27NO3/c23-13-16-5-7-21(18(10-16)14-24)17-9-15(11-20(25)12-17)4-6-19-3-1-2-8-22-19/h5,7,9-12,19,22-25H,1-4,6,8,13-14H2/t19-/m1/s1. The number of hydrogen-bond donors (Lipinski definition) is 4. The SMILES string of the molecule is OCc1ccc(-c2cc(O)cc(CC[C@H]3CCCCN3)c2)c(CO)c1. The van der Waals surface area contributed by atoms with Crippen LogP contribution in [0.1, 0.15) is 42.4 Å². The maximum absolute atomic E-state index is 10.1. The summed E-state index contributed by atoms with van der Waals surface area (Å²) < 4.78 is 0. The van der Waals surface area contributed by atoms with Crippen LogP contribution in [0, 0.1) is 0 Å². The lowest BCUT2D eigenvalue weighted by Crippen LogP contribution is -2.34. The van der Waals surface area contributed by atoms with Gasteiger partial charge in [0.15, 0.2) is 0 Å². The molecule has 1 atom stereocenters. The highest BCUT2D eigenvalue weighted by molar-refractivity contribution is 5.70. The fourth-order valence-electron chi connectivity index (χ4n) is 3.64. The van der Waals surface area contributed by atoms with Crippen molar-refractivity contribution in [3.05, 3.63) is 53.1 Å². The average Bonchev–Trinajstić information content (AvgIpc) is 2.66. The average molecular weight is 341 g/mol. The van der Waals surface area contributed by atoms with Crippen LogP contribution in [0.2, 0.25) is 0 Å². The number of aryl methyl sites for hydroxylation is 1. The van der Waals surface area contributed by atoms with Crippen molar-refractivity contribution in [2.45, 2.75) is 51.4 Å². The van der Waals surface area contributed by atoms with E-state index >= 15 is 0 Å². The van der Waals surface area contributed by atoms with E-state index in [9.17, 15) is 15.3 Å². The third kappa shape index (κ3) is 4.60. The molecule has 2 aromatic rings. The Hall–Kier alpha value is -1.88. The molecule has 1 aliphatic heterocycles. The molecule has 4 heteroatoms. The Morgan fingerprint density at radius 1 is 0.960 bits per heavy atom. The van der Waals surface area contributed by atoms with Gasteiger partial charge in [0.05, 0.1) is 13.2 Å². The molecular formula is C21H27NO3. The van der Waals surface area contributed by atoms with Crippen LogP contribution in [-0.4, -0.2) is 27.9 Å². The van der Waals surface area contributed by atoms with E-state index in [1.165, 1.54) is 19.3 Å². The van der Waals surface area contributed by atoms with Crippen LogP contribution in [0.5, 0.6) is 5.75 Å². The van der Waals surface area contributed by atoms with Gasteiger partial charge in [-0.15, -0.1) is 0 Å². The molecule has 0 amide bonds. The Balaban J connectivity index is 1.81. The summed E-state index contributed by atoms with van der Waals surface area (Å²) in [6, 6.07) is 11.8. The van der Waals surface area contributed by atoms with Gasteiger partial charge < -0.3 is 20.6 Å². The molecule has 0 unspecified atom stereocenters. The summed E-state index contributed by atoms with van der Waals surface area (Å²) in [4.78, 5) is 0. The van der Waals surface area contributed by atoms with E-state index in [0.29, 0.717) is 6.04 Å². The Bertz CT molecular complexity index is 708. The fraction of sp³-hybridized carbons (Fsp3) is 0.429. The fourth-order valence-corrected chi connectivity index (χ4v) is 3.64. The first-order valence-corrected chi connectivity index (χ1v) is 9.10. The molecule has 1 saturated heterocycles. The molecule has 4 N–H and O–H groups in total. The number of aliphatic hydroxyl groups excluding tert-OH is 2. The van der Waals surface area contributed by atoms with Gasteiger partial charge in [-0.05, 0) is 72.2 Å². The molecule has 3 rings (SSSR count). The number of piperidine rings is 1. The first kappa shape index (κ1) is 17.9. The zero-order valence-corrected chi connectivity index (χ0v) is 14.5. The van der Waals surface area contributed by atoms with E-state index in [4.69, 9.17) is 0 Å². The van der Waals surface area contributed by atoms with E-state index in [1.54, 1.807) is 6.07 Å². The van der Waals surface area contributed by atoms with Gasteiger partial charge in [0.25, 0.3) is 0 Å². The molecule has 1 fully saturated rings. The second-order valence-electron chi connectivity index (χ2n) is 6.88. The number of aromatic hydroxyl groups is 1. The van der Waals surface area contributed by atoms with E-state index < -0.39 is 0 Å². The Morgan fingerprint density at radius 3 is 2.56 bits per heavy atom. The zero-order valence-electron chi connectivity index (χ0n) is 14.5. The largest absolute Gasteiger partial charge is 0.508 e. The maximum atomic E-state index is 10.1. The van der Waals surface area contributed by atoms with E-state index in [0.717, 1.165) is 47.2 Å². The number of nitrogens with one attached hydrogen (secondary N) is 1. The summed E-state index contributed by atoms with van der Waals surface area (Å²) in [5.41, 5.74) is 4.44. The first-order valence-electron chi connectivity index (χ1n) is 9.10. The molecule has 0 bridgehead atoms. The minimum absolute atomic E-state index is 0.0487. The third-order valence-corrected chi connectivity index (χ3v) is 5.00. The molecule has 0 aromatic heterocycles. The van der Waals surface area contributed by atoms with Crippen molar-refractivity contribution in [1.82, 2.24) is 5.32 Å². The Labute approximate surface area is 149 Å². The summed E-state index contributed by atoms with van der Waals surface area (Å²) in [7, 11) is 0. The zero-order chi connectivity index (χ0) is 17.6. The van der Waals surface area contributed by atoms with Crippen molar-refractivity contribution >= 4 is 0 Å². The van der Waals surface area contributed by atoms with Gasteiger partial charge in [0.2, 0.25) is 0 Å². The topological polar surface area (TPSA) is 72.7 Å². The molecule has 4 nitrogen and oxygen atoms in total.